The Morgan fingerprint density at radius 1 is 1.30 bits per heavy atom. The molecule has 1 aromatic rings. The molecule has 0 radical (unpaired) electrons. The van der Waals surface area contributed by atoms with Crippen LogP contribution in [0.3, 0.4) is 0 Å². The van der Waals surface area contributed by atoms with E-state index in [1.54, 1.807) is 4.31 Å². The van der Waals surface area contributed by atoms with Crippen LogP contribution in [-0.4, -0.2) is 30.8 Å². The molecule has 2 rings (SSSR count). The fourth-order valence-corrected chi connectivity index (χ4v) is 4.14. The molecule has 1 aliphatic rings. The van der Waals surface area contributed by atoms with E-state index < -0.39 is 10.0 Å². The molecule has 2 heterocycles. The Morgan fingerprint density at radius 3 is 2.65 bits per heavy atom. The number of sulfonamides is 1. The Balaban J connectivity index is 2.16. The van der Waals surface area contributed by atoms with E-state index in [4.69, 9.17) is 5.73 Å². The van der Waals surface area contributed by atoms with E-state index in [2.05, 4.69) is 18.8 Å². The van der Waals surface area contributed by atoms with Crippen molar-refractivity contribution in [1.82, 2.24) is 9.29 Å². The summed E-state index contributed by atoms with van der Waals surface area (Å²) >= 11 is 0. The largest absolute Gasteiger partial charge is 0.384 e. The van der Waals surface area contributed by atoms with Crippen LogP contribution in [0.15, 0.2) is 23.2 Å². The van der Waals surface area contributed by atoms with E-state index in [1.807, 2.05) is 0 Å². The van der Waals surface area contributed by atoms with Gasteiger partial charge < -0.3 is 5.73 Å². The normalized spacial score (nSPS) is 21.9. The molecular weight excluding hydrogens is 274 g/mol. The second-order valence-electron chi connectivity index (χ2n) is 5.76. The lowest BCUT2D eigenvalue weighted by Crippen LogP contribution is -2.32. The van der Waals surface area contributed by atoms with Crippen molar-refractivity contribution in [2.45, 2.75) is 38.0 Å². The molecule has 0 aliphatic carbocycles. The molecule has 0 bridgehead atoms. The molecule has 0 spiro atoms. The third-order valence-corrected chi connectivity index (χ3v) is 5.95. The Labute approximate surface area is 121 Å². The number of nitrogens with zero attached hydrogens (tertiary/aromatic N) is 2. The highest BCUT2D eigenvalue weighted by Gasteiger charge is 2.28. The standard InChI is InChI=1S/C14H23N3O2S/c1-11(2)12-4-3-8-17(9-7-12)20(18,19)13-5-6-14(15)16-10-13/h5-6,10-12H,3-4,7-9H2,1-2H3,(H2,15,16). The number of rotatable bonds is 3. The number of hydrogen-bond acceptors (Lipinski definition) is 4. The molecule has 1 saturated heterocycles. The first-order chi connectivity index (χ1) is 9.41. The number of anilines is 1. The van der Waals surface area contributed by atoms with Crippen LogP contribution in [0.1, 0.15) is 33.1 Å². The summed E-state index contributed by atoms with van der Waals surface area (Å²) in [6.45, 7) is 5.60. The van der Waals surface area contributed by atoms with Crippen molar-refractivity contribution in [2.24, 2.45) is 11.8 Å². The number of nitrogen functional groups attached to an aromatic ring is 1. The van der Waals surface area contributed by atoms with Gasteiger partial charge in [-0.25, -0.2) is 13.4 Å². The van der Waals surface area contributed by atoms with E-state index in [-0.39, 0.29) is 4.90 Å². The third-order valence-electron chi connectivity index (χ3n) is 4.07. The third kappa shape index (κ3) is 3.30. The zero-order valence-corrected chi connectivity index (χ0v) is 12.9. The van der Waals surface area contributed by atoms with Gasteiger partial charge in [-0.2, -0.15) is 4.31 Å². The molecule has 0 amide bonds. The second kappa shape index (κ2) is 6.10. The highest BCUT2D eigenvalue weighted by Crippen LogP contribution is 2.27. The van der Waals surface area contributed by atoms with E-state index >= 15 is 0 Å². The quantitative estimate of drug-likeness (QED) is 0.927. The lowest BCUT2D eigenvalue weighted by Gasteiger charge is -2.21. The van der Waals surface area contributed by atoms with Gasteiger partial charge >= 0.3 is 0 Å². The average Bonchev–Trinajstić information content (AvgIpc) is 2.65. The Kier molecular flexibility index (Phi) is 4.65. The maximum Gasteiger partial charge on any atom is 0.244 e. The first kappa shape index (κ1) is 15.3. The van der Waals surface area contributed by atoms with E-state index in [9.17, 15) is 8.42 Å². The molecule has 2 N–H and O–H groups in total. The maximum absolute atomic E-state index is 12.6. The van der Waals surface area contributed by atoms with Gasteiger partial charge in [0.15, 0.2) is 0 Å². The number of hydrogen-bond donors (Lipinski definition) is 1. The summed E-state index contributed by atoms with van der Waals surface area (Å²) in [4.78, 5) is 4.11. The predicted octanol–water partition coefficient (Wildman–Crippen LogP) is 2.11. The molecule has 1 fully saturated rings. The summed E-state index contributed by atoms with van der Waals surface area (Å²) in [5.41, 5.74) is 5.51. The van der Waals surface area contributed by atoms with Crippen LogP contribution in [0.2, 0.25) is 0 Å². The summed E-state index contributed by atoms with van der Waals surface area (Å²) in [7, 11) is -3.44. The van der Waals surface area contributed by atoms with Gasteiger partial charge in [-0.1, -0.05) is 13.8 Å². The smallest absolute Gasteiger partial charge is 0.244 e. The Bertz CT molecular complexity index is 540. The van der Waals surface area contributed by atoms with Crippen molar-refractivity contribution in [2.75, 3.05) is 18.8 Å². The van der Waals surface area contributed by atoms with Crippen LogP contribution in [0.25, 0.3) is 0 Å². The van der Waals surface area contributed by atoms with Gasteiger partial charge in [-0.15, -0.1) is 0 Å². The van der Waals surface area contributed by atoms with Gasteiger partial charge in [0.05, 0.1) is 0 Å². The molecule has 20 heavy (non-hydrogen) atoms. The van der Waals surface area contributed by atoms with Crippen molar-refractivity contribution >= 4 is 15.8 Å². The highest BCUT2D eigenvalue weighted by molar-refractivity contribution is 7.89. The molecule has 112 valence electrons. The lowest BCUT2D eigenvalue weighted by atomic mass is 9.89. The van der Waals surface area contributed by atoms with Crippen molar-refractivity contribution in [3.05, 3.63) is 18.3 Å². The van der Waals surface area contributed by atoms with Gasteiger partial charge in [0, 0.05) is 19.3 Å². The van der Waals surface area contributed by atoms with Crippen molar-refractivity contribution in [3.8, 4) is 0 Å². The second-order valence-corrected chi connectivity index (χ2v) is 7.70. The molecule has 1 aromatic heterocycles. The lowest BCUT2D eigenvalue weighted by molar-refractivity contribution is 0.340. The minimum absolute atomic E-state index is 0.231. The minimum atomic E-state index is -3.44. The van der Waals surface area contributed by atoms with Gasteiger partial charge in [0.2, 0.25) is 10.0 Å². The van der Waals surface area contributed by atoms with Crippen LogP contribution in [0.5, 0.6) is 0 Å². The number of aromatic nitrogens is 1. The maximum atomic E-state index is 12.6. The van der Waals surface area contributed by atoms with Crippen LogP contribution in [0, 0.1) is 11.8 Å². The molecule has 1 aliphatic heterocycles. The molecule has 0 aromatic carbocycles. The van der Waals surface area contributed by atoms with E-state index in [0.29, 0.717) is 30.7 Å². The van der Waals surface area contributed by atoms with Crippen molar-refractivity contribution in [1.29, 1.82) is 0 Å². The Morgan fingerprint density at radius 2 is 2.05 bits per heavy atom. The summed E-state index contributed by atoms with van der Waals surface area (Å²) < 4.78 is 26.7. The molecule has 0 saturated carbocycles. The molecule has 5 nitrogen and oxygen atoms in total. The topological polar surface area (TPSA) is 76.3 Å². The summed E-state index contributed by atoms with van der Waals surface area (Å²) in [6, 6.07) is 3.06. The first-order valence-electron chi connectivity index (χ1n) is 7.13. The fraction of sp³-hybridized carbons (Fsp3) is 0.643. The van der Waals surface area contributed by atoms with Gasteiger partial charge in [0.25, 0.3) is 0 Å². The number of pyridine rings is 1. The van der Waals surface area contributed by atoms with Crippen LogP contribution in [0.4, 0.5) is 5.82 Å². The number of nitrogens with two attached hydrogens (primary N) is 1. The van der Waals surface area contributed by atoms with Crippen molar-refractivity contribution < 1.29 is 8.42 Å². The highest BCUT2D eigenvalue weighted by atomic mass is 32.2. The molecular formula is C14H23N3O2S. The SMILES string of the molecule is CC(C)C1CCCN(S(=O)(=O)c2ccc(N)nc2)CC1. The summed E-state index contributed by atoms with van der Waals surface area (Å²) in [6.07, 6.45) is 4.29. The van der Waals surface area contributed by atoms with Gasteiger partial charge in [-0.05, 0) is 43.2 Å². The monoisotopic (exact) mass is 297 g/mol. The fourth-order valence-electron chi connectivity index (χ4n) is 2.70. The zero-order chi connectivity index (χ0) is 14.8. The average molecular weight is 297 g/mol. The minimum Gasteiger partial charge on any atom is -0.384 e. The van der Waals surface area contributed by atoms with E-state index in [0.717, 1.165) is 19.3 Å². The summed E-state index contributed by atoms with van der Waals surface area (Å²) in [5.74, 6) is 1.55. The molecule has 1 atom stereocenters. The first-order valence-corrected chi connectivity index (χ1v) is 8.57. The molecule has 6 heteroatoms. The predicted molar refractivity (Wildman–Crippen MR) is 79.6 cm³/mol. The zero-order valence-electron chi connectivity index (χ0n) is 12.1. The van der Waals surface area contributed by atoms with Crippen molar-refractivity contribution in [3.63, 3.8) is 0 Å². The van der Waals surface area contributed by atoms with Crippen LogP contribution < -0.4 is 5.73 Å². The van der Waals surface area contributed by atoms with Gasteiger partial charge in [0.1, 0.15) is 10.7 Å². The Hall–Kier alpha value is -1.14. The van der Waals surface area contributed by atoms with Crippen LogP contribution in [-0.2, 0) is 10.0 Å². The van der Waals surface area contributed by atoms with Crippen LogP contribution >= 0.6 is 0 Å². The van der Waals surface area contributed by atoms with E-state index in [1.165, 1.54) is 18.3 Å². The van der Waals surface area contributed by atoms with Gasteiger partial charge in [-0.3, -0.25) is 0 Å². The summed E-state index contributed by atoms with van der Waals surface area (Å²) in [5, 5.41) is 0. The molecule has 1 unspecified atom stereocenters.